The minimum absolute atomic E-state index is 0.0701. The van der Waals surface area contributed by atoms with Gasteiger partial charge in [0.25, 0.3) is 5.91 Å². The summed E-state index contributed by atoms with van der Waals surface area (Å²) in [6.45, 7) is 10.8. The fraction of sp³-hybridized carbons (Fsp3) is 0.361. The molecule has 2 N–H and O–H groups in total. The van der Waals surface area contributed by atoms with E-state index in [9.17, 15) is 9.59 Å². The predicted octanol–water partition coefficient (Wildman–Crippen LogP) is 5.22. The molecule has 0 spiro atoms. The van der Waals surface area contributed by atoms with Gasteiger partial charge in [-0.15, -0.1) is 0 Å². The van der Waals surface area contributed by atoms with E-state index in [1.807, 2.05) is 66.3 Å². The van der Waals surface area contributed by atoms with Gasteiger partial charge in [-0.25, -0.2) is 4.99 Å². The molecular weight excluding hydrogens is 548 g/mol. The Balaban J connectivity index is 1.43. The van der Waals surface area contributed by atoms with Crippen LogP contribution < -0.4 is 16.1 Å². The molecule has 232 valence electrons. The number of hydrogen-bond acceptors (Lipinski definition) is 5. The van der Waals surface area contributed by atoms with Crippen LogP contribution in [0.1, 0.15) is 54.6 Å². The quantitative estimate of drug-likeness (QED) is 0.301. The fourth-order valence-electron chi connectivity index (χ4n) is 5.66. The molecular formula is C36H46N6O2. The second-order valence-electron chi connectivity index (χ2n) is 11.2. The van der Waals surface area contributed by atoms with Gasteiger partial charge >= 0.3 is 0 Å². The van der Waals surface area contributed by atoms with Crippen molar-refractivity contribution in [2.24, 2.45) is 12.0 Å². The van der Waals surface area contributed by atoms with E-state index >= 15 is 0 Å². The number of benzene rings is 2. The van der Waals surface area contributed by atoms with Crippen molar-refractivity contribution in [1.82, 2.24) is 19.7 Å². The van der Waals surface area contributed by atoms with E-state index in [4.69, 9.17) is 4.99 Å². The van der Waals surface area contributed by atoms with Gasteiger partial charge in [-0.3, -0.25) is 14.5 Å². The van der Waals surface area contributed by atoms with Crippen molar-refractivity contribution in [1.29, 1.82) is 0 Å². The molecule has 1 aromatic heterocycles. The second kappa shape index (κ2) is 15.9. The average Bonchev–Trinajstić information content (AvgIpc) is 3.04. The van der Waals surface area contributed by atoms with E-state index in [0.717, 1.165) is 49.0 Å². The van der Waals surface area contributed by atoms with E-state index in [2.05, 4.69) is 60.2 Å². The summed E-state index contributed by atoms with van der Waals surface area (Å²) >= 11 is 0. The summed E-state index contributed by atoms with van der Waals surface area (Å²) in [6.07, 6.45) is 8.13. The highest BCUT2D eigenvalue weighted by Gasteiger charge is 2.33. The first kappa shape index (κ1) is 32.5. The maximum atomic E-state index is 13.5. The van der Waals surface area contributed by atoms with Crippen LogP contribution in [0.5, 0.6) is 0 Å². The van der Waals surface area contributed by atoms with Gasteiger partial charge in [0, 0.05) is 63.3 Å². The van der Waals surface area contributed by atoms with Gasteiger partial charge in [0.15, 0.2) is 0 Å². The maximum absolute atomic E-state index is 13.5. The van der Waals surface area contributed by atoms with Gasteiger partial charge < -0.3 is 20.1 Å². The fourth-order valence-corrected chi connectivity index (χ4v) is 5.66. The molecule has 1 fully saturated rings. The molecule has 1 aliphatic heterocycles. The highest BCUT2D eigenvalue weighted by atomic mass is 16.2. The Morgan fingerprint density at radius 1 is 1.02 bits per heavy atom. The zero-order chi connectivity index (χ0) is 31.5. The number of nitrogens with one attached hydrogen (secondary N) is 2. The Hall–Kier alpha value is -4.43. The lowest BCUT2D eigenvalue weighted by atomic mass is 10.0. The lowest BCUT2D eigenvalue weighted by molar-refractivity contribution is -0.127. The van der Waals surface area contributed by atoms with Crippen LogP contribution in [0.15, 0.2) is 96.4 Å². The smallest absolute Gasteiger partial charge is 0.253 e. The van der Waals surface area contributed by atoms with Crippen molar-refractivity contribution >= 4 is 23.1 Å². The third kappa shape index (κ3) is 8.35. The zero-order valence-electron chi connectivity index (χ0n) is 26.6. The minimum Gasteiger partial charge on any atom is -0.358 e. The van der Waals surface area contributed by atoms with Crippen LogP contribution in [-0.2, 0) is 18.3 Å². The molecule has 8 nitrogen and oxygen atoms in total. The molecule has 0 radical (unpaired) electrons. The van der Waals surface area contributed by atoms with Crippen LogP contribution in [0.4, 0.5) is 5.69 Å². The van der Waals surface area contributed by atoms with Crippen LogP contribution in [0, 0.1) is 0 Å². The van der Waals surface area contributed by atoms with Crippen molar-refractivity contribution in [3.05, 3.63) is 114 Å². The minimum atomic E-state index is -0.387. The van der Waals surface area contributed by atoms with Gasteiger partial charge in [-0.05, 0) is 66.8 Å². The molecule has 0 bridgehead atoms. The molecule has 4 rings (SSSR count). The largest absolute Gasteiger partial charge is 0.358 e. The van der Waals surface area contributed by atoms with E-state index in [0.29, 0.717) is 31.0 Å². The normalized spacial score (nSPS) is 16.1. The Morgan fingerprint density at radius 3 is 2.45 bits per heavy atom. The number of likely N-dealkylation sites (N-methyl/N-ethyl adjacent to an activating group) is 1. The molecule has 1 saturated heterocycles. The number of carbonyl (C=O) groups excluding carboxylic acids is 2. The molecule has 8 heteroatoms. The van der Waals surface area contributed by atoms with Crippen LogP contribution in [0.2, 0.25) is 0 Å². The van der Waals surface area contributed by atoms with Gasteiger partial charge in [0.2, 0.25) is 5.91 Å². The number of amides is 2. The van der Waals surface area contributed by atoms with Crippen LogP contribution in [0.25, 0.3) is 5.57 Å². The first-order valence-corrected chi connectivity index (χ1v) is 15.6. The summed E-state index contributed by atoms with van der Waals surface area (Å²) in [5.74, 6) is 0.364. The molecule has 3 aromatic rings. The molecule has 1 aliphatic rings. The number of anilines is 1. The zero-order valence-corrected chi connectivity index (χ0v) is 26.6. The Bertz CT molecular complexity index is 1520. The maximum Gasteiger partial charge on any atom is 0.253 e. The summed E-state index contributed by atoms with van der Waals surface area (Å²) in [5.41, 5.74) is 5.85. The van der Waals surface area contributed by atoms with E-state index in [1.165, 1.54) is 11.1 Å². The van der Waals surface area contributed by atoms with Crippen molar-refractivity contribution in [2.75, 3.05) is 38.5 Å². The molecule has 2 amide bonds. The van der Waals surface area contributed by atoms with E-state index < -0.39 is 0 Å². The Labute approximate surface area is 261 Å². The van der Waals surface area contributed by atoms with Crippen molar-refractivity contribution in [3.63, 3.8) is 0 Å². The highest BCUT2D eigenvalue weighted by Crippen LogP contribution is 2.19. The van der Waals surface area contributed by atoms with E-state index in [1.54, 1.807) is 11.9 Å². The monoisotopic (exact) mass is 594 g/mol. The second-order valence-corrected chi connectivity index (χ2v) is 11.2. The number of allylic oxidation sites excluding steroid dienone is 2. The van der Waals surface area contributed by atoms with Crippen LogP contribution in [-0.4, -0.2) is 65.4 Å². The molecule has 0 aliphatic carbocycles. The van der Waals surface area contributed by atoms with Crippen molar-refractivity contribution < 1.29 is 9.59 Å². The first-order valence-electron chi connectivity index (χ1n) is 15.6. The number of hydrogen-bond donors (Lipinski definition) is 2. The van der Waals surface area contributed by atoms with Crippen molar-refractivity contribution in [3.8, 4) is 0 Å². The highest BCUT2D eigenvalue weighted by molar-refractivity contribution is 5.95. The third-order valence-corrected chi connectivity index (χ3v) is 7.98. The predicted molar refractivity (Wildman–Crippen MR) is 179 cm³/mol. The number of pyridine rings is 1. The molecule has 44 heavy (non-hydrogen) atoms. The molecule has 1 atom stereocenters. The number of aromatic nitrogens is 1. The number of rotatable bonds is 12. The van der Waals surface area contributed by atoms with Gasteiger partial charge in [-0.2, -0.15) is 0 Å². The third-order valence-electron chi connectivity index (χ3n) is 7.98. The van der Waals surface area contributed by atoms with E-state index in [-0.39, 0.29) is 17.9 Å². The van der Waals surface area contributed by atoms with Gasteiger partial charge in [0.05, 0.1) is 0 Å². The lowest BCUT2D eigenvalue weighted by Gasteiger charge is -2.40. The SMILES string of the molecule is C=C(N=c1c(/C(=C/CC)CCC)cccn1C)Nc1ccc(C(=O)N2CCN(CCc3ccccc3)C(C(=O)NC)C2)cc1. The number of aryl methyl sites for hydroxylation is 1. The summed E-state index contributed by atoms with van der Waals surface area (Å²) in [4.78, 5) is 35.1. The number of piperazine rings is 1. The Kier molecular flexibility index (Phi) is 11.7. The summed E-state index contributed by atoms with van der Waals surface area (Å²) in [7, 11) is 3.64. The Morgan fingerprint density at radius 2 is 1.77 bits per heavy atom. The summed E-state index contributed by atoms with van der Waals surface area (Å²) < 4.78 is 2.01. The van der Waals surface area contributed by atoms with Crippen LogP contribution in [0.3, 0.4) is 0 Å². The molecule has 2 heterocycles. The molecule has 0 saturated carbocycles. The molecule has 1 unspecified atom stereocenters. The molecule has 2 aromatic carbocycles. The summed E-state index contributed by atoms with van der Waals surface area (Å²) in [5, 5.41) is 6.06. The van der Waals surface area contributed by atoms with Gasteiger partial charge in [0.1, 0.15) is 17.4 Å². The standard InChI is InChI=1S/C36H46N6O2/c1-6-12-29(13-7-2)32-16-11-22-40(5)34(32)39-27(3)38-31-19-17-30(18-20-31)36(44)42-25-24-41(33(26-42)35(43)37-4)23-21-28-14-9-8-10-15-28/h8-12,14-20,22,33,38H,3,6-7,13,21,23-26H2,1-2,4-5H3,(H,37,43)/b29-12+,39-34?. The lowest BCUT2D eigenvalue weighted by Crippen LogP contribution is -2.60. The number of carbonyl (C=O) groups is 2. The number of nitrogens with zero attached hydrogens (tertiary/aromatic N) is 4. The average molecular weight is 595 g/mol. The first-order chi connectivity index (χ1) is 21.3. The summed E-state index contributed by atoms with van der Waals surface area (Å²) in [6, 6.07) is 21.4. The topological polar surface area (TPSA) is 82.0 Å². The van der Waals surface area contributed by atoms with Crippen molar-refractivity contribution in [2.45, 2.75) is 45.6 Å². The van der Waals surface area contributed by atoms with Gasteiger partial charge in [-0.1, -0.05) is 63.3 Å². The van der Waals surface area contributed by atoms with Crippen LogP contribution >= 0.6 is 0 Å².